The summed E-state index contributed by atoms with van der Waals surface area (Å²) in [5, 5.41) is 2.57. The molecule has 0 fully saturated rings. The van der Waals surface area contributed by atoms with E-state index in [4.69, 9.17) is 10.5 Å². The van der Waals surface area contributed by atoms with Gasteiger partial charge in [-0.05, 0) is 44.0 Å². The molecule has 3 N–H and O–H groups in total. The van der Waals surface area contributed by atoms with Gasteiger partial charge in [-0.3, -0.25) is 4.79 Å². The molecule has 0 aliphatic heterocycles. The highest BCUT2D eigenvalue weighted by molar-refractivity contribution is 5.91. The molecule has 0 aromatic heterocycles. The van der Waals surface area contributed by atoms with Gasteiger partial charge < -0.3 is 15.8 Å². The molecule has 23 heavy (non-hydrogen) atoms. The van der Waals surface area contributed by atoms with Crippen LogP contribution in [0, 0.1) is 5.82 Å². The van der Waals surface area contributed by atoms with Crippen LogP contribution in [0.1, 0.15) is 25.8 Å². The first kappa shape index (κ1) is 16.8. The van der Waals surface area contributed by atoms with Crippen LogP contribution in [0.4, 0.5) is 15.8 Å². The highest BCUT2D eigenvalue weighted by atomic mass is 19.1. The number of benzene rings is 2. The van der Waals surface area contributed by atoms with E-state index in [2.05, 4.69) is 5.32 Å². The summed E-state index contributed by atoms with van der Waals surface area (Å²) in [4.78, 5) is 12.0. The van der Waals surface area contributed by atoms with Crippen LogP contribution in [-0.2, 0) is 11.2 Å². The van der Waals surface area contributed by atoms with Crippen molar-refractivity contribution in [3.63, 3.8) is 0 Å². The molecule has 122 valence electrons. The van der Waals surface area contributed by atoms with E-state index in [9.17, 15) is 9.18 Å². The zero-order chi connectivity index (χ0) is 16.8. The third-order valence-electron chi connectivity index (χ3n) is 3.26. The van der Waals surface area contributed by atoms with E-state index in [1.807, 2.05) is 32.0 Å². The van der Waals surface area contributed by atoms with Crippen molar-refractivity contribution in [2.75, 3.05) is 11.1 Å². The van der Waals surface area contributed by atoms with E-state index >= 15 is 0 Å². The van der Waals surface area contributed by atoms with Crippen LogP contribution < -0.4 is 15.8 Å². The average molecular weight is 316 g/mol. The Kier molecular flexibility index (Phi) is 5.57. The number of nitrogen functional groups attached to an aromatic ring is 1. The lowest BCUT2D eigenvalue weighted by Crippen LogP contribution is -2.14. The van der Waals surface area contributed by atoms with E-state index in [-0.39, 0.29) is 24.1 Å². The summed E-state index contributed by atoms with van der Waals surface area (Å²) in [5.41, 5.74) is 7.54. The number of carbonyl (C=O) groups is 1. The SMILES string of the molecule is CC(C)Oc1ccc(NC(=O)CCc2ccccc2N)c(F)c1. The molecule has 2 rings (SSSR count). The molecule has 2 aromatic rings. The van der Waals surface area contributed by atoms with Gasteiger partial charge in [0.2, 0.25) is 5.91 Å². The van der Waals surface area contributed by atoms with Crippen LogP contribution in [0.15, 0.2) is 42.5 Å². The van der Waals surface area contributed by atoms with Crippen molar-refractivity contribution in [3.8, 4) is 5.75 Å². The first-order chi connectivity index (χ1) is 11.0. The number of rotatable bonds is 6. The fourth-order valence-corrected chi connectivity index (χ4v) is 2.17. The summed E-state index contributed by atoms with van der Waals surface area (Å²) in [6.07, 6.45) is 0.707. The molecule has 4 nitrogen and oxygen atoms in total. The van der Waals surface area contributed by atoms with Crippen molar-refractivity contribution >= 4 is 17.3 Å². The molecule has 0 saturated heterocycles. The Labute approximate surface area is 135 Å². The number of nitrogens with two attached hydrogens (primary N) is 1. The molecule has 0 aliphatic rings. The van der Waals surface area contributed by atoms with Crippen molar-refractivity contribution < 1.29 is 13.9 Å². The molecule has 0 unspecified atom stereocenters. The molecule has 0 aliphatic carbocycles. The smallest absolute Gasteiger partial charge is 0.224 e. The Hall–Kier alpha value is -2.56. The number of anilines is 2. The van der Waals surface area contributed by atoms with Crippen molar-refractivity contribution in [3.05, 3.63) is 53.8 Å². The van der Waals surface area contributed by atoms with Crippen molar-refractivity contribution in [1.82, 2.24) is 0 Å². The quantitative estimate of drug-likeness (QED) is 0.797. The number of aryl methyl sites for hydroxylation is 1. The Balaban J connectivity index is 1.94. The lowest BCUT2D eigenvalue weighted by Gasteiger charge is -2.12. The van der Waals surface area contributed by atoms with Crippen LogP contribution in [0.5, 0.6) is 5.75 Å². The molecule has 1 amide bonds. The maximum atomic E-state index is 14.0. The number of amides is 1. The molecular weight excluding hydrogens is 295 g/mol. The summed E-state index contributed by atoms with van der Waals surface area (Å²) < 4.78 is 19.4. The molecule has 0 spiro atoms. The van der Waals surface area contributed by atoms with Gasteiger partial charge in [-0.25, -0.2) is 4.39 Å². The van der Waals surface area contributed by atoms with Crippen LogP contribution in [0.3, 0.4) is 0 Å². The van der Waals surface area contributed by atoms with Crippen LogP contribution in [0.25, 0.3) is 0 Å². The van der Waals surface area contributed by atoms with Crippen molar-refractivity contribution in [1.29, 1.82) is 0 Å². The van der Waals surface area contributed by atoms with Crippen LogP contribution in [-0.4, -0.2) is 12.0 Å². The van der Waals surface area contributed by atoms with E-state index in [0.29, 0.717) is 17.9 Å². The second-order valence-corrected chi connectivity index (χ2v) is 5.56. The van der Waals surface area contributed by atoms with Gasteiger partial charge in [0, 0.05) is 18.2 Å². The number of hydrogen-bond donors (Lipinski definition) is 2. The third-order valence-corrected chi connectivity index (χ3v) is 3.26. The monoisotopic (exact) mass is 316 g/mol. The second kappa shape index (κ2) is 7.63. The van der Waals surface area contributed by atoms with Crippen molar-refractivity contribution in [2.45, 2.75) is 32.8 Å². The van der Waals surface area contributed by atoms with E-state index in [1.165, 1.54) is 12.1 Å². The fourth-order valence-electron chi connectivity index (χ4n) is 2.17. The van der Waals surface area contributed by atoms with Gasteiger partial charge in [-0.2, -0.15) is 0 Å². The predicted molar refractivity (Wildman–Crippen MR) is 90.0 cm³/mol. The topological polar surface area (TPSA) is 64.3 Å². The molecule has 0 heterocycles. The molecular formula is C18H21FN2O2. The number of carbonyl (C=O) groups excluding carboxylic acids is 1. The van der Waals surface area contributed by atoms with Gasteiger partial charge in [0.05, 0.1) is 11.8 Å². The normalized spacial score (nSPS) is 10.6. The Morgan fingerprint density at radius 1 is 1.26 bits per heavy atom. The molecule has 0 bridgehead atoms. The number of para-hydroxylation sites is 1. The largest absolute Gasteiger partial charge is 0.491 e. The van der Waals surface area contributed by atoms with E-state index in [1.54, 1.807) is 12.1 Å². The Morgan fingerprint density at radius 3 is 2.65 bits per heavy atom. The maximum Gasteiger partial charge on any atom is 0.224 e. The van der Waals surface area contributed by atoms with E-state index in [0.717, 1.165) is 5.56 Å². The van der Waals surface area contributed by atoms with Gasteiger partial charge >= 0.3 is 0 Å². The van der Waals surface area contributed by atoms with Crippen molar-refractivity contribution in [2.24, 2.45) is 0 Å². The molecule has 0 atom stereocenters. The minimum Gasteiger partial charge on any atom is -0.491 e. The zero-order valence-corrected chi connectivity index (χ0v) is 13.3. The number of halogens is 1. The summed E-state index contributed by atoms with van der Waals surface area (Å²) >= 11 is 0. The first-order valence-electron chi connectivity index (χ1n) is 7.55. The maximum absolute atomic E-state index is 14.0. The standard InChI is InChI=1S/C18H21FN2O2/c1-12(2)23-14-8-9-17(15(19)11-14)21-18(22)10-7-13-5-3-4-6-16(13)20/h3-6,8-9,11-12H,7,10,20H2,1-2H3,(H,21,22). The third kappa shape index (κ3) is 4.98. The minimum absolute atomic E-state index is 0.0360. The Morgan fingerprint density at radius 2 is 2.00 bits per heavy atom. The number of ether oxygens (including phenoxy) is 1. The summed E-state index contributed by atoms with van der Waals surface area (Å²) in [6, 6.07) is 11.8. The first-order valence-corrected chi connectivity index (χ1v) is 7.55. The summed E-state index contributed by atoms with van der Waals surface area (Å²) in [6.45, 7) is 3.73. The van der Waals surface area contributed by atoms with Gasteiger partial charge in [-0.1, -0.05) is 18.2 Å². The summed E-state index contributed by atoms with van der Waals surface area (Å²) in [7, 11) is 0. The van der Waals surface area contributed by atoms with Gasteiger partial charge in [0.15, 0.2) is 0 Å². The lowest BCUT2D eigenvalue weighted by atomic mass is 10.1. The number of nitrogens with one attached hydrogen (secondary N) is 1. The predicted octanol–water partition coefficient (Wildman–Crippen LogP) is 3.77. The van der Waals surface area contributed by atoms with Gasteiger partial charge in [-0.15, -0.1) is 0 Å². The summed E-state index contributed by atoms with van der Waals surface area (Å²) in [5.74, 6) is -0.340. The van der Waals surface area contributed by atoms with E-state index < -0.39 is 5.82 Å². The number of hydrogen-bond acceptors (Lipinski definition) is 3. The fraction of sp³-hybridized carbons (Fsp3) is 0.278. The minimum atomic E-state index is -0.518. The van der Waals surface area contributed by atoms with Crippen LogP contribution >= 0.6 is 0 Å². The lowest BCUT2D eigenvalue weighted by molar-refractivity contribution is -0.116. The molecule has 0 saturated carbocycles. The molecule has 0 radical (unpaired) electrons. The second-order valence-electron chi connectivity index (χ2n) is 5.56. The highest BCUT2D eigenvalue weighted by Crippen LogP contribution is 2.22. The van der Waals surface area contributed by atoms with Gasteiger partial charge in [0.25, 0.3) is 0 Å². The Bertz CT molecular complexity index is 686. The average Bonchev–Trinajstić information content (AvgIpc) is 2.49. The highest BCUT2D eigenvalue weighted by Gasteiger charge is 2.10. The molecule has 2 aromatic carbocycles. The van der Waals surface area contributed by atoms with Crippen LogP contribution in [0.2, 0.25) is 0 Å². The van der Waals surface area contributed by atoms with Gasteiger partial charge in [0.1, 0.15) is 11.6 Å². The zero-order valence-electron chi connectivity index (χ0n) is 13.3. The molecule has 5 heteroatoms.